The minimum atomic E-state index is -4.88. The molecule has 136 valence electrons. The van der Waals surface area contributed by atoms with Gasteiger partial charge in [0, 0.05) is 18.7 Å². The van der Waals surface area contributed by atoms with Gasteiger partial charge in [-0.15, -0.1) is 0 Å². The van der Waals surface area contributed by atoms with Crippen LogP contribution in [0.3, 0.4) is 0 Å². The predicted molar refractivity (Wildman–Crippen MR) is 79.3 cm³/mol. The van der Waals surface area contributed by atoms with Crippen LogP contribution in [-0.2, 0) is 22.9 Å². The van der Waals surface area contributed by atoms with Gasteiger partial charge in [-0.2, -0.15) is 0 Å². The highest BCUT2D eigenvalue weighted by atomic mass is 32.1. The molecule has 0 spiro atoms. The van der Waals surface area contributed by atoms with E-state index < -0.39 is 46.2 Å². The highest BCUT2D eigenvalue weighted by Gasteiger charge is 2.41. The molecule has 0 aliphatic carbocycles. The SMILES string of the molecule is O=c1ccn([C@H]2C[C@H](OP(=O)(O)O)[C@@H](COP(=O)(O)O)O2)c(=S)[nH]1. The number of phosphoric ester groups is 2. The highest BCUT2D eigenvalue weighted by molar-refractivity contribution is 7.71. The van der Waals surface area contributed by atoms with Crippen molar-refractivity contribution < 1.29 is 42.5 Å². The molecule has 2 heterocycles. The van der Waals surface area contributed by atoms with Gasteiger partial charge in [0.05, 0.1) is 6.61 Å². The molecule has 1 aliphatic rings. The molecule has 0 bridgehead atoms. The Morgan fingerprint density at radius 3 is 2.54 bits per heavy atom. The van der Waals surface area contributed by atoms with E-state index in [0.717, 1.165) is 6.07 Å². The van der Waals surface area contributed by atoms with E-state index in [1.807, 2.05) is 0 Å². The molecule has 1 aromatic heterocycles. The number of H-pyrrole nitrogens is 1. The summed E-state index contributed by atoms with van der Waals surface area (Å²) in [6.07, 6.45) is -2.05. The maximum Gasteiger partial charge on any atom is 0.469 e. The van der Waals surface area contributed by atoms with E-state index in [4.69, 9.17) is 36.5 Å². The zero-order chi connectivity index (χ0) is 18.1. The maximum absolute atomic E-state index is 11.2. The lowest BCUT2D eigenvalue weighted by Crippen LogP contribution is -2.28. The number of nitrogens with one attached hydrogen (secondary N) is 1. The van der Waals surface area contributed by atoms with E-state index in [9.17, 15) is 13.9 Å². The fourth-order valence-corrected chi connectivity index (χ4v) is 3.33. The third-order valence-electron chi connectivity index (χ3n) is 3.02. The second-order valence-corrected chi connectivity index (χ2v) is 7.62. The van der Waals surface area contributed by atoms with E-state index in [-0.39, 0.29) is 11.2 Å². The number of aromatic nitrogens is 2. The minimum Gasteiger partial charge on any atom is -0.349 e. The van der Waals surface area contributed by atoms with Crippen LogP contribution in [0.15, 0.2) is 17.1 Å². The highest BCUT2D eigenvalue weighted by Crippen LogP contribution is 2.45. The van der Waals surface area contributed by atoms with Crippen LogP contribution in [0.5, 0.6) is 0 Å². The zero-order valence-corrected chi connectivity index (χ0v) is 14.4. The molecule has 2 rings (SSSR count). The van der Waals surface area contributed by atoms with Gasteiger partial charge in [0.25, 0.3) is 5.56 Å². The third-order valence-corrected chi connectivity index (χ3v) is 4.37. The van der Waals surface area contributed by atoms with Crippen LogP contribution < -0.4 is 5.56 Å². The number of aromatic amines is 1. The fourth-order valence-electron chi connectivity index (χ4n) is 2.13. The van der Waals surface area contributed by atoms with Crippen molar-refractivity contribution in [3.63, 3.8) is 0 Å². The second-order valence-electron chi connectivity index (χ2n) is 4.80. The van der Waals surface area contributed by atoms with Crippen LogP contribution in [-0.4, -0.2) is 47.9 Å². The fraction of sp³-hybridized carbons (Fsp3) is 0.556. The number of phosphoric acid groups is 2. The molecule has 0 radical (unpaired) electrons. The Hall–Kier alpha value is -0.720. The normalized spacial score (nSPS) is 25.1. The summed E-state index contributed by atoms with van der Waals surface area (Å²) in [6, 6.07) is 1.16. The van der Waals surface area contributed by atoms with E-state index in [1.165, 1.54) is 10.8 Å². The molecule has 15 heteroatoms. The van der Waals surface area contributed by atoms with Crippen molar-refractivity contribution in [2.75, 3.05) is 6.61 Å². The van der Waals surface area contributed by atoms with Gasteiger partial charge in [-0.1, -0.05) is 0 Å². The Kier molecular flexibility index (Phi) is 5.93. The monoisotopic (exact) mass is 404 g/mol. The molecule has 12 nitrogen and oxygen atoms in total. The third kappa shape index (κ3) is 5.67. The van der Waals surface area contributed by atoms with E-state index in [0.29, 0.717) is 0 Å². The van der Waals surface area contributed by atoms with Crippen molar-refractivity contribution in [2.45, 2.75) is 24.9 Å². The minimum absolute atomic E-state index is 0.000939. The summed E-state index contributed by atoms with van der Waals surface area (Å²) < 4.78 is 37.5. The molecule has 0 unspecified atom stereocenters. The first-order valence-corrected chi connectivity index (χ1v) is 9.82. The average Bonchev–Trinajstić information content (AvgIpc) is 2.76. The summed E-state index contributed by atoms with van der Waals surface area (Å²) >= 11 is 4.96. The van der Waals surface area contributed by atoms with Gasteiger partial charge >= 0.3 is 15.6 Å². The van der Waals surface area contributed by atoms with Crippen molar-refractivity contribution in [2.24, 2.45) is 0 Å². The largest absolute Gasteiger partial charge is 0.469 e. The number of hydrogen-bond acceptors (Lipinski definition) is 7. The van der Waals surface area contributed by atoms with Gasteiger partial charge in [-0.25, -0.2) is 9.13 Å². The van der Waals surface area contributed by atoms with Gasteiger partial charge in [-0.05, 0) is 12.2 Å². The van der Waals surface area contributed by atoms with Crippen LogP contribution in [0.4, 0.5) is 0 Å². The van der Waals surface area contributed by atoms with E-state index in [2.05, 4.69) is 14.0 Å². The molecule has 1 aliphatic heterocycles. The zero-order valence-electron chi connectivity index (χ0n) is 11.8. The Morgan fingerprint density at radius 1 is 1.33 bits per heavy atom. The molecular weight excluding hydrogens is 390 g/mol. The lowest BCUT2D eigenvalue weighted by molar-refractivity contribution is -0.0438. The molecule has 1 aromatic rings. The van der Waals surface area contributed by atoms with Crippen molar-refractivity contribution >= 4 is 27.9 Å². The summed E-state index contributed by atoms with van der Waals surface area (Å²) in [7, 11) is -9.69. The topological polar surface area (TPSA) is 181 Å². The Bertz CT molecular complexity index is 796. The number of hydrogen-bond donors (Lipinski definition) is 5. The summed E-state index contributed by atoms with van der Waals surface area (Å²) in [4.78, 5) is 48.9. The first-order chi connectivity index (χ1) is 10.9. The Balaban J connectivity index is 2.21. The van der Waals surface area contributed by atoms with Gasteiger partial charge < -0.3 is 24.3 Å². The van der Waals surface area contributed by atoms with Gasteiger partial charge in [0.15, 0.2) is 4.77 Å². The molecule has 5 N–H and O–H groups in total. The van der Waals surface area contributed by atoms with Crippen LogP contribution >= 0.6 is 27.9 Å². The maximum atomic E-state index is 11.2. The first kappa shape index (κ1) is 19.6. The predicted octanol–water partition coefficient (Wildman–Crippen LogP) is -0.219. The Labute approximate surface area is 139 Å². The molecule has 3 atom stereocenters. The van der Waals surface area contributed by atoms with Gasteiger partial charge in [-0.3, -0.25) is 23.4 Å². The Morgan fingerprint density at radius 2 is 2.00 bits per heavy atom. The molecule has 1 fully saturated rings. The summed E-state index contributed by atoms with van der Waals surface area (Å²) in [5.74, 6) is 0. The number of rotatable bonds is 6. The summed E-state index contributed by atoms with van der Waals surface area (Å²) in [5, 5.41) is 0. The molecular formula is C9H14N2O10P2S. The average molecular weight is 404 g/mol. The van der Waals surface area contributed by atoms with Crippen LogP contribution in [0.2, 0.25) is 0 Å². The van der Waals surface area contributed by atoms with Crippen LogP contribution in [0.25, 0.3) is 0 Å². The molecule has 0 saturated carbocycles. The molecule has 1 saturated heterocycles. The standard InChI is InChI=1S/C9H14N2O10P2S/c12-7-1-2-11(9(24)10-7)8-3-5(21-23(16,17)18)6(20-8)4-19-22(13,14)15/h1-2,5-6,8H,3-4H2,(H,10,12,24)(H2,13,14,15)(H2,16,17,18)/t5-,6+,8+/m0/s1. The molecule has 0 aromatic carbocycles. The van der Waals surface area contributed by atoms with Crippen molar-refractivity contribution in [1.82, 2.24) is 9.55 Å². The quantitative estimate of drug-likeness (QED) is 0.312. The van der Waals surface area contributed by atoms with Crippen molar-refractivity contribution in [3.05, 3.63) is 27.4 Å². The van der Waals surface area contributed by atoms with Crippen molar-refractivity contribution in [1.29, 1.82) is 0 Å². The first-order valence-electron chi connectivity index (χ1n) is 6.35. The smallest absolute Gasteiger partial charge is 0.349 e. The molecule has 24 heavy (non-hydrogen) atoms. The second kappa shape index (κ2) is 7.26. The summed E-state index contributed by atoms with van der Waals surface area (Å²) in [6.45, 7) is -0.665. The van der Waals surface area contributed by atoms with Gasteiger partial charge in [0.1, 0.15) is 18.4 Å². The van der Waals surface area contributed by atoms with Crippen LogP contribution in [0, 0.1) is 4.77 Å². The number of ether oxygens (including phenoxy) is 1. The van der Waals surface area contributed by atoms with Crippen LogP contribution in [0.1, 0.15) is 12.6 Å². The lowest BCUT2D eigenvalue weighted by Gasteiger charge is -2.19. The lowest BCUT2D eigenvalue weighted by atomic mass is 10.2. The van der Waals surface area contributed by atoms with Crippen molar-refractivity contribution in [3.8, 4) is 0 Å². The van der Waals surface area contributed by atoms with E-state index >= 15 is 0 Å². The molecule has 0 amide bonds. The van der Waals surface area contributed by atoms with Gasteiger partial charge in [0.2, 0.25) is 0 Å². The number of nitrogens with zero attached hydrogens (tertiary/aromatic N) is 1. The van der Waals surface area contributed by atoms with E-state index in [1.54, 1.807) is 0 Å². The summed E-state index contributed by atoms with van der Waals surface area (Å²) in [5.41, 5.74) is -0.446.